The van der Waals surface area contributed by atoms with Crippen LogP contribution in [0.15, 0.2) is 6.20 Å². The van der Waals surface area contributed by atoms with Gasteiger partial charge in [-0.25, -0.2) is 4.98 Å². The maximum absolute atomic E-state index is 5.69. The fraction of sp³-hybridized carbons (Fsp3) is 0.727. The van der Waals surface area contributed by atoms with E-state index in [4.69, 9.17) is 10.5 Å². The van der Waals surface area contributed by atoms with Crippen molar-refractivity contribution in [1.29, 1.82) is 0 Å². The summed E-state index contributed by atoms with van der Waals surface area (Å²) in [5.74, 6) is 0.781. The molecule has 0 amide bonds. The summed E-state index contributed by atoms with van der Waals surface area (Å²) in [5.41, 5.74) is 5.54. The van der Waals surface area contributed by atoms with Crippen molar-refractivity contribution in [2.45, 2.75) is 38.7 Å². The number of thiazole rings is 1. The molecular formula is C11H18N2OS. The average Bonchev–Trinajstić information content (AvgIpc) is 2.66. The predicted molar refractivity (Wildman–Crippen MR) is 62.8 cm³/mol. The average molecular weight is 226 g/mol. The Morgan fingerprint density at radius 3 is 2.87 bits per heavy atom. The van der Waals surface area contributed by atoms with Gasteiger partial charge < -0.3 is 10.5 Å². The zero-order valence-corrected chi connectivity index (χ0v) is 9.76. The molecule has 1 aromatic heterocycles. The molecule has 1 aliphatic carbocycles. The lowest BCUT2D eigenvalue weighted by atomic mass is 9.90. The minimum absolute atomic E-state index is 0.631. The molecular weight excluding hydrogens is 208 g/mol. The summed E-state index contributed by atoms with van der Waals surface area (Å²) in [6.45, 7) is 1.57. The fourth-order valence-electron chi connectivity index (χ4n) is 2.07. The normalized spacial score (nSPS) is 18.1. The van der Waals surface area contributed by atoms with E-state index in [1.54, 1.807) is 6.20 Å². The lowest BCUT2D eigenvalue weighted by Gasteiger charge is -2.20. The van der Waals surface area contributed by atoms with E-state index in [1.807, 2.05) is 0 Å². The van der Waals surface area contributed by atoms with Gasteiger partial charge in [-0.1, -0.05) is 30.6 Å². The number of nitrogen functional groups attached to an aromatic ring is 1. The summed E-state index contributed by atoms with van der Waals surface area (Å²) in [7, 11) is 0. The largest absolute Gasteiger partial charge is 0.376 e. The number of hydrogen-bond acceptors (Lipinski definition) is 4. The van der Waals surface area contributed by atoms with Crippen LogP contribution in [0.3, 0.4) is 0 Å². The van der Waals surface area contributed by atoms with Crippen LogP contribution in [0.25, 0.3) is 0 Å². The Balaban J connectivity index is 1.65. The van der Waals surface area contributed by atoms with Gasteiger partial charge in [-0.05, 0) is 18.8 Å². The van der Waals surface area contributed by atoms with Gasteiger partial charge in [0, 0.05) is 12.8 Å². The summed E-state index contributed by atoms with van der Waals surface area (Å²) in [4.78, 5) is 5.13. The Morgan fingerprint density at radius 1 is 1.40 bits per heavy atom. The molecule has 0 unspecified atom stereocenters. The van der Waals surface area contributed by atoms with Crippen molar-refractivity contribution >= 4 is 16.5 Å². The van der Waals surface area contributed by atoms with Crippen LogP contribution in [0.5, 0.6) is 0 Å². The molecule has 0 saturated heterocycles. The second-order valence-corrected chi connectivity index (χ2v) is 5.33. The first kappa shape index (κ1) is 10.9. The maximum atomic E-state index is 5.69. The van der Waals surface area contributed by atoms with E-state index in [9.17, 15) is 0 Å². The number of aromatic nitrogens is 1. The van der Waals surface area contributed by atoms with Crippen LogP contribution < -0.4 is 5.73 Å². The predicted octanol–water partition coefficient (Wildman–Crippen LogP) is 2.82. The highest BCUT2D eigenvalue weighted by Gasteiger charge is 2.13. The van der Waals surface area contributed by atoms with Gasteiger partial charge in [-0.2, -0.15) is 0 Å². The van der Waals surface area contributed by atoms with Crippen LogP contribution in [0.4, 0.5) is 5.13 Å². The number of ether oxygens (including phenoxy) is 1. The van der Waals surface area contributed by atoms with Crippen molar-refractivity contribution in [1.82, 2.24) is 4.98 Å². The molecule has 2 rings (SSSR count). The quantitative estimate of drug-likeness (QED) is 0.858. The number of nitrogens with zero attached hydrogens (tertiary/aromatic N) is 1. The van der Waals surface area contributed by atoms with E-state index in [-0.39, 0.29) is 0 Å². The summed E-state index contributed by atoms with van der Waals surface area (Å²) < 4.78 is 5.69. The molecule has 1 aromatic rings. The molecule has 1 saturated carbocycles. The Kier molecular flexibility index (Phi) is 3.97. The smallest absolute Gasteiger partial charge is 0.180 e. The third-order valence-corrected chi connectivity index (χ3v) is 3.69. The third-order valence-electron chi connectivity index (χ3n) is 2.89. The van der Waals surface area contributed by atoms with Crippen molar-refractivity contribution in [2.24, 2.45) is 5.92 Å². The maximum Gasteiger partial charge on any atom is 0.180 e. The van der Waals surface area contributed by atoms with E-state index >= 15 is 0 Å². The van der Waals surface area contributed by atoms with Gasteiger partial charge in [0.2, 0.25) is 0 Å². The summed E-state index contributed by atoms with van der Waals surface area (Å²) >= 11 is 1.52. The van der Waals surface area contributed by atoms with Crippen LogP contribution in [-0.2, 0) is 11.3 Å². The summed E-state index contributed by atoms with van der Waals surface area (Å²) in [6, 6.07) is 0. The first-order chi connectivity index (χ1) is 7.34. The van der Waals surface area contributed by atoms with Crippen molar-refractivity contribution in [3.63, 3.8) is 0 Å². The van der Waals surface area contributed by atoms with Crippen LogP contribution in [0.1, 0.15) is 37.0 Å². The Hall–Kier alpha value is -0.610. The molecule has 0 atom stereocenters. The molecule has 0 spiro atoms. The lowest BCUT2D eigenvalue weighted by molar-refractivity contribution is 0.0754. The van der Waals surface area contributed by atoms with Crippen molar-refractivity contribution in [3.8, 4) is 0 Å². The second kappa shape index (κ2) is 5.47. The SMILES string of the molecule is Nc1ncc(COCC2CCCCC2)s1. The highest BCUT2D eigenvalue weighted by atomic mass is 32.1. The topological polar surface area (TPSA) is 48.1 Å². The van der Waals surface area contributed by atoms with Gasteiger partial charge in [0.25, 0.3) is 0 Å². The van der Waals surface area contributed by atoms with Crippen molar-refractivity contribution in [3.05, 3.63) is 11.1 Å². The Morgan fingerprint density at radius 2 is 2.20 bits per heavy atom. The summed E-state index contributed by atoms with van der Waals surface area (Å²) in [6.07, 6.45) is 8.64. The zero-order chi connectivity index (χ0) is 10.5. The highest BCUT2D eigenvalue weighted by Crippen LogP contribution is 2.24. The Labute approximate surface area is 94.7 Å². The van der Waals surface area contributed by atoms with E-state index in [1.165, 1.54) is 43.4 Å². The second-order valence-electron chi connectivity index (χ2n) is 4.18. The number of rotatable bonds is 4. The van der Waals surface area contributed by atoms with E-state index < -0.39 is 0 Å². The molecule has 0 aromatic carbocycles. The van der Waals surface area contributed by atoms with Gasteiger partial charge >= 0.3 is 0 Å². The third kappa shape index (κ3) is 3.47. The van der Waals surface area contributed by atoms with Crippen molar-refractivity contribution < 1.29 is 4.74 Å². The van der Waals surface area contributed by atoms with Crippen LogP contribution in [0, 0.1) is 5.92 Å². The first-order valence-electron chi connectivity index (χ1n) is 5.62. The van der Waals surface area contributed by atoms with Gasteiger partial charge in [-0.15, -0.1) is 0 Å². The van der Waals surface area contributed by atoms with Gasteiger partial charge in [-0.3, -0.25) is 0 Å². The molecule has 15 heavy (non-hydrogen) atoms. The van der Waals surface area contributed by atoms with Crippen LogP contribution >= 0.6 is 11.3 Å². The fourth-order valence-corrected chi connectivity index (χ4v) is 2.69. The minimum atomic E-state index is 0.631. The molecule has 3 nitrogen and oxygen atoms in total. The minimum Gasteiger partial charge on any atom is -0.376 e. The number of nitrogens with two attached hydrogens (primary N) is 1. The van der Waals surface area contributed by atoms with Gasteiger partial charge in [0.05, 0.1) is 11.5 Å². The first-order valence-corrected chi connectivity index (χ1v) is 6.44. The molecule has 84 valence electrons. The molecule has 1 aliphatic rings. The lowest BCUT2D eigenvalue weighted by Crippen LogP contribution is -2.12. The molecule has 0 aliphatic heterocycles. The van der Waals surface area contributed by atoms with Crippen LogP contribution in [-0.4, -0.2) is 11.6 Å². The highest BCUT2D eigenvalue weighted by molar-refractivity contribution is 7.15. The van der Waals surface area contributed by atoms with E-state index in [2.05, 4.69) is 4.98 Å². The van der Waals surface area contributed by atoms with Gasteiger partial charge in [0.15, 0.2) is 5.13 Å². The number of hydrogen-bond donors (Lipinski definition) is 1. The zero-order valence-electron chi connectivity index (χ0n) is 8.95. The van der Waals surface area contributed by atoms with E-state index in [0.717, 1.165) is 17.4 Å². The molecule has 4 heteroatoms. The molecule has 0 radical (unpaired) electrons. The molecule has 1 fully saturated rings. The molecule has 2 N–H and O–H groups in total. The van der Waals surface area contributed by atoms with Crippen molar-refractivity contribution in [2.75, 3.05) is 12.3 Å². The van der Waals surface area contributed by atoms with Gasteiger partial charge in [0.1, 0.15) is 0 Å². The molecule has 1 heterocycles. The Bertz CT molecular complexity index is 295. The standard InChI is InChI=1S/C11H18N2OS/c12-11-13-6-10(15-11)8-14-7-9-4-2-1-3-5-9/h6,9H,1-5,7-8H2,(H2,12,13). The number of anilines is 1. The molecule has 0 bridgehead atoms. The monoisotopic (exact) mass is 226 g/mol. The van der Waals surface area contributed by atoms with E-state index in [0.29, 0.717) is 11.7 Å². The van der Waals surface area contributed by atoms with Crippen LogP contribution in [0.2, 0.25) is 0 Å². The summed E-state index contributed by atoms with van der Waals surface area (Å²) in [5, 5.41) is 0.631.